The lowest BCUT2D eigenvalue weighted by Crippen LogP contribution is -2.39. The van der Waals surface area contributed by atoms with Crippen LogP contribution < -0.4 is 14.5 Å². The molecule has 1 aliphatic heterocycles. The molecule has 2 heterocycles. The van der Waals surface area contributed by atoms with Crippen molar-refractivity contribution in [1.29, 1.82) is 0 Å². The van der Waals surface area contributed by atoms with Gasteiger partial charge in [-0.3, -0.25) is 9.47 Å². The minimum absolute atomic E-state index is 0.178. The highest BCUT2D eigenvalue weighted by Crippen LogP contribution is 2.40. The number of rotatable bonds is 7. The Morgan fingerprint density at radius 2 is 1.76 bits per heavy atom. The van der Waals surface area contributed by atoms with Crippen molar-refractivity contribution >= 4 is 56.2 Å². The summed E-state index contributed by atoms with van der Waals surface area (Å²) in [4.78, 5) is 13.7. The normalized spacial score (nSPS) is 14.9. The van der Waals surface area contributed by atoms with Crippen LogP contribution in [0, 0.1) is 19.7 Å². The molecule has 0 bridgehead atoms. The van der Waals surface area contributed by atoms with Gasteiger partial charge >= 0.3 is 0 Å². The third kappa shape index (κ3) is 5.06. The number of aryl methyl sites for hydroxylation is 2. The van der Waals surface area contributed by atoms with Crippen LogP contribution in [0.3, 0.4) is 0 Å². The van der Waals surface area contributed by atoms with E-state index < -0.39 is 0 Å². The van der Waals surface area contributed by atoms with Crippen LogP contribution in [-0.2, 0) is 11.4 Å². The maximum absolute atomic E-state index is 13.2. The molecule has 0 saturated carbocycles. The molecule has 1 saturated heterocycles. The first-order valence-electron chi connectivity index (χ1n) is 10.5. The van der Waals surface area contributed by atoms with Crippen LogP contribution in [0.25, 0.3) is 6.08 Å². The number of ether oxygens (including phenoxy) is 2. The predicted octanol–water partition coefficient (Wildman–Crippen LogP) is 6.52. The molecular formula is C25H22BrFN2O3S2. The molecule has 9 heteroatoms. The lowest BCUT2D eigenvalue weighted by molar-refractivity contribution is -0.114. The molecule has 0 spiro atoms. The Balaban J connectivity index is 1.61. The lowest BCUT2D eigenvalue weighted by Gasteiger charge is -2.20. The summed E-state index contributed by atoms with van der Waals surface area (Å²) < 4.78 is 27.9. The van der Waals surface area contributed by atoms with Crippen LogP contribution in [0.15, 0.2) is 57.9 Å². The number of halogens is 2. The number of thioether (sulfide) groups is 1. The van der Waals surface area contributed by atoms with Gasteiger partial charge in [0.1, 0.15) is 12.4 Å². The summed E-state index contributed by atoms with van der Waals surface area (Å²) in [5.74, 6) is 0.604. The van der Waals surface area contributed by atoms with Gasteiger partial charge in [0.15, 0.2) is 15.8 Å². The minimum atomic E-state index is -0.295. The third-order valence-electron chi connectivity index (χ3n) is 5.13. The van der Waals surface area contributed by atoms with E-state index in [2.05, 4.69) is 15.9 Å². The Labute approximate surface area is 215 Å². The van der Waals surface area contributed by atoms with Crippen LogP contribution in [0.1, 0.15) is 29.4 Å². The molecule has 4 rings (SSSR count). The zero-order chi connectivity index (χ0) is 24.4. The number of hydrogen-bond acceptors (Lipinski definition) is 5. The number of thiocarbonyl (C=S) groups is 1. The number of hydrogen-bond donors (Lipinski definition) is 0. The largest absolute Gasteiger partial charge is 0.490 e. The van der Waals surface area contributed by atoms with Crippen LogP contribution in [-0.4, -0.2) is 21.5 Å². The smallest absolute Gasteiger partial charge is 0.285 e. The van der Waals surface area contributed by atoms with Gasteiger partial charge in [-0.05, 0) is 103 Å². The number of benzene rings is 2. The second-order valence-electron chi connectivity index (χ2n) is 7.60. The van der Waals surface area contributed by atoms with Crippen molar-refractivity contribution < 1.29 is 18.7 Å². The summed E-state index contributed by atoms with van der Waals surface area (Å²) in [5.41, 5.74) is 3.46. The van der Waals surface area contributed by atoms with Gasteiger partial charge in [-0.25, -0.2) is 4.39 Å². The van der Waals surface area contributed by atoms with E-state index in [4.69, 9.17) is 21.7 Å². The molecule has 176 valence electrons. The SMILES string of the molecule is CCOc1cc(/C=C2\SC(=S)N(n3c(C)ccc3C)C2=O)cc(Br)c1OCc1ccc(F)cc1. The Kier molecular flexibility index (Phi) is 7.45. The fourth-order valence-corrected chi connectivity index (χ4v) is 5.39. The van der Waals surface area contributed by atoms with Crippen molar-refractivity contribution in [2.75, 3.05) is 11.6 Å². The Hall–Kier alpha value is -2.62. The van der Waals surface area contributed by atoms with E-state index >= 15 is 0 Å². The predicted molar refractivity (Wildman–Crippen MR) is 141 cm³/mol. The zero-order valence-electron chi connectivity index (χ0n) is 18.8. The zero-order valence-corrected chi connectivity index (χ0v) is 22.0. The van der Waals surface area contributed by atoms with Crippen molar-refractivity contribution in [3.63, 3.8) is 0 Å². The van der Waals surface area contributed by atoms with Crippen molar-refractivity contribution in [3.05, 3.63) is 86.2 Å². The molecule has 2 aromatic carbocycles. The van der Waals surface area contributed by atoms with Crippen LogP contribution in [0.4, 0.5) is 4.39 Å². The van der Waals surface area contributed by atoms with Gasteiger partial charge in [-0.15, -0.1) is 0 Å². The first kappa shape index (κ1) is 24.5. The molecule has 1 aromatic heterocycles. The van der Waals surface area contributed by atoms with Crippen LogP contribution >= 0.6 is 39.9 Å². The van der Waals surface area contributed by atoms with Gasteiger partial charge in [-0.2, -0.15) is 5.01 Å². The Bertz CT molecular complexity index is 1270. The maximum Gasteiger partial charge on any atom is 0.285 e. The van der Waals surface area contributed by atoms with E-state index in [9.17, 15) is 9.18 Å². The monoisotopic (exact) mass is 560 g/mol. The van der Waals surface area contributed by atoms with Gasteiger partial charge in [-0.1, -0.05) is 23.9 Å². The number of aromatic nitrogens is 1. The van der Waals surface area contributed by atoms with Crippen LogP contribution in [0.2, 0.25) is 0 Å². The second kappa shape index (κ2) is 10.3. The molecule has 1 fully saturated rings. The molecule has 34 heavy (non-hydrogen) atoms. The average Bonchev–Trinajstić information content (AvgIpc) is 3.25. The molecule has 5 nitrogen and oxygen atoms in total. The van der Waals surface area contributed by atoms with Crippen molar-refractivity contribution in [1.82, 2.24) is 4.68 Å². The Morgan fingerprint density at radius 3 is 2.41 bits per heavy atom. The van der Waals surface area contributed by atoms with Gasteiger partial charge in [0.05, 0.1) is 16.0 Å². The van der Waals surface area contributed by atoms with E-state index in [1.54, 1.807) is 18.2 Å². The van der Waals surface area contributed by atoms with E-state index in [-0.39, 0.29) is 18.3 Å². The first-order valence-corrected chi connectivity index (χ1v) is 12.6. The summed E-state index contributed by atoms with van der Waals surface area (Å²) in [5, 5.41) is 1.52. The van der Waals surface area contributed by atoms with Gasteiger partial charge in [0, 0.05) is 11.4 Å². The van der Waals surface area contributed by atoms with E-state index in [0.717, 1.165) is 22.5 Å². The first-order chi connectivity index (χ1) is 16.3. The van der Waals surface area contributed by atoms with Crippen molar-refractivity contribution in [2.24, 2.45) is 0 Å². The molecule has 1 amide bonds. The van der Waals surface area contributed by atoms with Gasteiger partial charge in [0.2, 0.25) is 0 Å². The highest BCUT2D eigenvalue weighted by atomic mass is 79.9. The molecule has 1 aliphatic rings. The summed E-state index contributed by atoms with van der Waals surface area (Å²) >= 11 is 10.3. The van der Waals surface area contributed by atoms with Crippen molar-refractivity contribution in [2.45, 2.75) is 27.4 Å². The van der Waals surface area contributed by atoms with Crippen molar-refractivity contribution in [3.8, 4) is 11.5 Å². The number of carbonyl (C=O) groups excluding carboxylic acids is 1. The van der Waals surface area contributed by atoms with Gasteiger partial charge < -0.3 is 9.47 Å². The summed E-state index contributed by atoms with van der Waals surface area (Å²) in [6, 6.07) is 13.7. The number of carbonyl (C=O) groups is 1. The standard InChI is InChI=1S/C25H22BrFN2O3S2/c1-4-31-21-12-18(11-20(26)23(21)32-14-17-7-9-19(27)10-8-17)13-22-24(30)29(25(33)34-22)28-15(2)5-6-16(28)3/h5-13H,4,14H2,1-3H3/b22-13-. The molecule has 0 radical (unpaired) electrons. The lowest BCUT2D eigenvalue weighted by atomic mass is 10.1. The Morgan fingerprint density at radius 1 is 1.09 bits per heavy atom. The average molecular weight is 561 g/mol. The fourth-order valence-electron chi connectivity index (χ4n) is 3.57. The third-order valence-corrected chi connectivity index (χ3v) is 7.01. The highest BCUT2D eigenvalue weighted by Gasteiger charge is 2.34. The fraction of sp³-hybridized carbons (Fsp3) is 0.200. The second-order valence-corrected chi connectivity index (χ2v) is 10.1. The molecule has 0 N–H and O–H groups in total. The topological polar surface area (TPSA) is 43.7 Å². The minimum Gasteiger partial charge on any atom is -0.490 e. The summed E-state index contributed by atoms with van der Waals surface area (Å²) in [6.07, 6.45) is 1.80. The quantitative estimate of drug-likeness (QED) is 0.243. The number of amides is 1. The van der Waals surface area contributed by atoms with Gasteiger partial charge in [0.25, 0.3) is 5.91 Å². The van der Waals surface area contributed by atoms with E-state index in [1.165, 1.54) is 28.9 Å². The molecule has 3 aromatic rings. The molecule has 0 atom stereocenters. The molecule has 0 aliphatic carbocycles. The maximum atomic E-state index is 13.2. The molecule has 0 unspecified atom stereocenters. The van der Waals surface area contributed by atoms with Crippen LogP contribution in [0.5, 0.6) is 11.5 Å². The van der Waals surface area contributed by atoms with E-state index in [0.29, 0.717) is 31.8 Å². The molecular weight excluding hydrogens is 539 g/mol. The highest BCUT2D eigenvalue weighted by molar-refractivity contribution is 9.10. The van der Waals surface area contributed by atoms with E-state index in [1.807, 2.05) is 49.7 Å². The summed E-state index contributed by atoms with van der Waals surface area (Å²) in [6.45, 7) is 6.46. The summed E-state index contributed by atoms with van der Waals surface area (Å²) in [7, 11) is 0. The number of nitrogens with zero attached hydrogens (tertiary/aromatic N) is 2.